The molecule has 1 saturated carbocycles. The predicted molar refractivity (Wildman–Crippen MR) is 77.2 cm³/mol. The van der Waals surface area contributed by atoms with Crippen molar-refractivity contribution in [3.05, 3.63) is 11.6 Å². The molecule has 3 heteroatoms. The summed E-state index contributed by atoms with van der Waals surface area (Å²) in [5.74, 6) is 0.649. The van der Waals surface area contributed by atoms with Crippen molar-refractivity contribution in [2.75, 3.05) is 0 Å². The van der Waals surface area contributed by atoms with E-state index >= 15 is 0 Å². The van der Waals surface area contributed by atoms with Crippen molar-refractivity contribution in [1.29, 1.82) is 0 Å². The first-order chi connectivity index (χ1) is 9.24. The molecule has 0 radical (unpaired) electrons. The Morgan fingerprint density at radius 3 is 2.60 bits per heavy atom. The summed E-state index contributed by atoms with van der Waals surface area (Å²) in [7, 11) is 0. The lowest BCUT2D eigenvalue weighted by molar-refractivity contribution is -0.162. The third-order valence-electron chi connectivity index (χ3n) is 5.34. The van der Waals surface area contributed by atoms with E-state index in [1.165, 1.54) is 5.57 Å². The molecule has 3 nitrogen and oxygen atoms in total. The van der Waals surface area contributed by atoms with Gasteiger partial charge in [-0.25, -0.2) is 0 Å². The van der Waals surface area contributed by atoms with Crippen molar-refractivity contribution in [2.45, 2.75) is 71.9 Å². The van der Waals surface area contributed by atoms with Crippen LogP contribution in [0.5, 0.6) is 0 Å². The summed E-state index contributed by atoms with van der Waals surface area (Å²) < 4.78 is 12.4. The van der Waals surface area contributed by atoms with Crippen LogP contribution in [0.1, 0.15) is 53.9 Å². The van der Waals surface area contributed by atoms with Crippen LogP contribution in [-0.2, 0) is 14.3 Å². The number of hydrogen-bond acceptors (Lipinski definition) is 3. The van der Waals surface area contributed by atoms with Crippen LogP contribution < -0.4 is 0 Å². The molecule has 0 N–H and O–H groups in total. The predicted octanol–water partition coefficient (Wildman–Crippen LogP) is 3.48. The summed E-state index contributed by atoms with van der Waals surface area (Å²) in [5.41, 5.74) is 1.24. The number of carbonyl (C=O) groups is 1. The topological polar surface area (TPSA) is 35.5 Å². The van der Waals surface area contributed by atoms with Gasteiger partial charge in [0.15, 0.2) is 11.6 Å². The van der Waals surface area contributed by atoms with Crippen molar-refractivity contribution in [2.24, 2.45) is 17.3 Å². The second-order valence-corrected chi connectivity index (χ2v) is 7.63. The molecule has 0 amide bonds. The van der Waals surface area contributed by atoms with E-state index in [-0.39, 0.29) is 23.4 Å². The van der Waals surface area contributed by atoms with Crippen LogP contribution in [0.25, 0.3) is 0 Å². The van der Waals surface area contributed by atoms with Gasteiger partial charge in [-0.15, -0.1) is 0 Å². The lowest BCUT2D eigenvalue weighted by atomic mass is 9.69. The van der Waals surface area contributed by atoms with Crippen molar-refractivity contribution in [1.82, 2.24) is 0 Å². The van der Waals surface area contributed by atoms with Crippen LogP contribution in [0.2, 0.25) is 0 Å². The number of fused-ring (bicyclic) bond motifs is 3. The fourth-order valence-corrected chi connectivity index (χ4v) is 4.72. The maximum atomic E-state index is 12.0. The maximum Gasteiger partial charge on any atom is 0.164 e. The molecule has 0 spiro atoms. The molecule has 0 aromatic rings. The summed E-state index contributed by atoms with van der Waals surface area (Å²) in [6.45, 7) is 10.8. The number of allylic oxidation sites excluding steroid dienone is 1. The molecule has 1 heterocycles. The number of ether oxygens (including phenoxy) is 2. The average molecular weight is 278 g/mol. The van der Waals surface area contributed by atoms with E-state index in [2.05, 4.69) is 20.8 Å². The molecular formula is C17H26O3. The minimum absolute atomic E-state index is 0.0375. The van der Waals surface area contributed by atoms with E-state index in [4.69, 9.17) is 9.47 Å². The highest BCUT2D eigenvalue weighted by Gasteiger charge is 2.61. The Bertz CT molecular complexity index is 463. The zero-order chi connectivity index (χ0) is 14.7. The zero-order valence-corrected chi connectivity index (χ0v) is 13.2. The third-order valence-corrected chi connectivity index (χ3v) is 5.34. The number of hydrogen-bond donors (Lipinski definition) is 0. The van der Waals surface area contributed by atoms with Crippen molar-refractivity contribution < 1.29 is 14.3 Å². The Morgan fingerprint density at radius 1 is 1.25 bits per heavy atom. The number of rotatable bonds is 1. The first kappa shape index (κ1) is 14.3. The first-order valence-corrected chi connectivity index (χ1v) is 7.85. The fourth-order valence-electron chi connectivity index (χ4n) is 4.72. The summed E-state index contributed by atoms with van der Waals surface area (Å²) in [6, 6.07) is 0. The van der Waals surface area contributed by atoms with E-state index in [0.29, 0.717) is 18.3 Å². The summed E-state index contributed by atoms with van der Waals surface area (Å²) in [5, 5.41) is 0. The van der Waals surface area contributed by atoms with Crippen LogP contribution in [0.15, 0.2) is 11.6 Å². The van der Waals surface area contributed by atoms with Crippen molar-refractivity contribution in [3.63, 3.8) is 0 Å². The molecule has 4 atom stereocenters. The second-order valence-electron chi connectivity index (χ2n) is 7.63. The standard InChI is InChI=1S/C17H26O3/c1-10(2)13-15-14(19-16(3,4)20-15)12-9-11(18)7-6-8-17(12,13)5/h9-10,13-15H,6-8H2,1-5H3/t13-,14+,15-,17-/m0/s1. The van der Waals surface area contributed by atoms with Gasteiger partial charge >= 0.3 is 0 Å². The molecule has 1 aliphatic heterocycles. The number of ketones is 1. The van der Waals surface area contributed by atoms with E-state index in [1.54, 1.807) is 0 Å². The highest BCUT2D eigenvalue weighted by Crippen LogP contribution is 2.59. The molecule has 2 fully saturated rings. The molecule has 0 bridgehead atoms. The smallest absolute Gasteiger partial charge is 0.164 e. The van der Waals surface area contributed by atoms with Gasteiger partial charge in [-0.1, -0.05) is 20.8 Å². The van der Waals surface area contributed by atoms with Gasteiger partial charge in [-0.2, -0.15) is 0 Å². The molecular weight excluding hydrogens is 252 g/mol. The molecule has 0 unspecified atom stereocenters. The third kappa shape index (κ3) is 1.98. The van der Waals surface area contributed by atoms with E-state index in [1.807, 2.05) is 19.9 Å². The van der Waals surface area contributed by atoms with Gasteiger partial charge in [-0.3, -0.25) is 4.79 Å². The van der Waals surface area contributed by atoms with E-state index in [9.17, 15) is 4.79 Å². The van der Waals surface area contributed by atoms with Gasteiger partial charge < -0.3 is 9.47 Å². The van der Waals surface area contributed by atoms with Gasteiger partial charge in [0, 0.05) is 6.42 Å². The Balaban J connectivity index is 2.08. The van der Waals surface area contributed by atoms with Gasteiger partial charge in [0.1, 0.15) is 6.10 Å². The van der Waals surface area contributed by atoms with Crippen LogP contribution in [0.3, 0.4) is 0 Å². The first-order valence-electron chi connectivity index (χ1n) is 7.85. The number of carbonyl (C=O) groups excluding carboxylic acids is 1. The van der Waals surface area contributed by atoms with Crippen LogP contribution >= 0.6 is 0 Å². The quantitative estimate of drug-likeness (QED) is 0.736. The molecule has 3 aliphatic rings. The fraction of sp³-hybridized carbons (Fsp3) is 0.824. The lowest BCUT2D eigenvalue weighted by Crippen LogP contribution is -2.36. The minimum Gasteiger partial charge on any atom is -0.344 e. The Labute approximate surface area is 121 Å². The van der Waals surface area contributed by atoms with Crippen LogP contribution in [0, 0.1) is 17.3 Å². The van der Waals surface area contributed by atoms with Crippen LogP contribution in [0.4, 0.5) is 0 Å². The van der Waals surface area contributed by atoms with Gasteiger partial charge in [0.05, 0.1) is 6.10 Å². The minimum atomic E-state index is -0.542. The summed E-state index contributed by atoms with van der Waals surface area (Å²) >= 11 is 0. The second kappa shape index (κ2) is 4.41. The molecule has 0 aromatic heterocycles. The largest absolute Gasteiger partial charge is 0.344 e. The summed E-state index contributed by atoms with van der Waals surface area (Å²) in [6.07, 6.45) is 4.63. The van der Waals surface area contributed by atoms with Crippen molar-refractivity contribution >= 4 is 5.78 Å². The zero-order valence-electron chi connectivity index (χ0n) is 13.2. The molecule has 2 aliphatic carbocycles. The maximum absolute atomic E-state index is 12.0. The van der Waals surface area contributed by atoms with E-state index in [0.717, 1.165) is 12.8 Å². The Kier molecular flexibility index (Phi) is 3.15. The molecule has 112 valence electrons. The average Bonchev–Trinajstić information content (AvgIpc) is 2.62. The highest BCUT2D eigenvalue weighted by atomic mass is 16.8. The van der Waals surface area contributed by atoms with Gasteiger partial charge in [0.2, 0.25) is 0 Å². The monoisotopic (exact) mass is 278 g/mol. The van der Waals surface area contributed by atoms with Crippen molar-refractivity contribution in [3.8, 4) is 0 Å². The molecule has 0 aromatic carbocycles. The highest BCUT2D eigenvalue weighted by molar-refractivity contribution is 5.91. The molecule has 1 saturated heterocycles. The van der Waals surface area contributed by atoms with E-state index < -0.39 is 5.79 Å². The SMILES string of the molecule is CC(C)[C@H]1[C@@H]2OC(C)(C)O[C@@H]2C2=CC(=O)CCC[C@@]21C. The van der Waals surface area contributed by atoms with Crippen LogP contribution in [-0.4, -0.2) is 23.8 Å². The van der Waals surface area contributed by atoms with Gasteiger partial charge in [0.25, 0.3) is 0 Å². The molecule has 20 heavy (non-hydrogen) atoms. The normalized spacial score (nSPS) is 43.2. The Hall–Kier alpha value is -0.670. The summed E-state index contributed by atoms with van der Waals surface area (Å²) in [4.78, 5) is 12.0. The lowest BCUT2D eigenvalue weighted by Gasteiger charge is -2.38. The molecule has 3 rings (SSSR count). The van der Waals surface area contributed by atoms with Gasteiger partial charge in [-0.05, 0) is 55.6 Å². The Morgan fingerprint density at radius 2 is 1.95 bits per heavy atom.